The summed E-state index contributed by atoms with van der Waals surface area (Å²) in [5.74, 6) is -0.886. The van der Waals surface area contributed by atoms with Crippen molar-refractivity contribution in [2.45, 2.75) is 31.7 Å². The Morgan fingerprint density at radius 2 is 1.69 bits per heavy atom. The van der Waals surface area contributed by atoms with Crippen molar-refractivity contribution in [1.29, 1.82) is 0 Å². The maximum Gasteiger partial charge on any atom is 0.348 e. The number of thiophene rings is 1. The van der Waals surface area contributed by atoms with Gasteiger partial charge in [0, 0.05) is 24.2 Å². The van der Waals surface area contributed by atoms with E-state index >= 15 is 0 Å². The molecule has 3 aromatic carbocycles. The van der Waals surface area contributed by atoms with E-state index in [0.29, 0.717) is 45.5 Å². The zero-order valence-electron chi connectivity index (χ0n) is 22.9. The molecule has 0 aliphatic carbocycles. The van der Waals surface area contributed by atoms with Crippen molar-refractivity contribution in [2.75, 3.05) is 18.5 Å². The number of hydrogen-bond acceptors (Lipinski definition) is 8. The van der Waals surface area contributed by atoms with Crippen LogP contribution >= 0.6 is 22.7 Å². The summed E-state index contributed by atoms with van der Waals surface area (Å²) in [7, 11) is -3.73. The average Bonchev–Trinajstić information content (AvgIpc) is 3.57. The molecule has 1 aliphatic rings. The summed E-state index contributed by atoms with van der Waals surface area (Å²) in [6, 6.07) is 21.5. The van der Waals surface area contributed by atoms with E-state index in [1.807, 2.05) is 55.5 Å². The molecule has 0 fully saturated rings. The van der Waals surface area contributed by atoms with Crippen LogP contribution < -0.4 is 5.32 Å². The van der Waals surface area contributed by atoms with Gasteiger partial charge in [-0.15, -0.1) is 22.7 Å². The maximum absolute atomic E-state index is 13.4. The number of ether oxygens (including phenoxy) is 1. The molecule has 0 radical (unpaired) electrons. The lowest BCUT2D eigenvalue weighted by atomic mass is 10.0. The second kappa shape index (κ2) is 11.4. The fourth-order valence-corrected chi connectivity index (χ4v) is 8.66. The van der Waals surface area contributed by atoms with Crippen LogP contribution in [0.4, 0.5) is 5.00 Å². The Labute approximate surface area is 251 Å². The largest absolute Gasteiger partial charge is 0.462 e. The molecule has 2 aromatic heterocycles. The van der Waals surface area contributed by atoms with Gasteiger partial charge >= 0.3 is 5.97 Å². The molecule has 0 bridgehead atoms. The fourth-order valence-electron chi connectivity index (χ4n) is 5.01. The van der Waals surface area contributed by atoms with Crippen LogP contribution in [0.15, 0.2) is 77.7 Å². The topological polar surface area (TPSA) is 106 Å². The molecule has 0 spiro atoms. The number of nitrogens with zero attached hydrogens (tertiary/aromatic N) is 2. The molecule has 8 nitrogen and oxygen atoms in total. The van der Waals surface area contributed by atoms with Gasteiger partial charge in [-0.05, 0) is 73.4 Å². The Balaban J connectivity index is 1.27. The van der Waals surface area contributed by atoms with E-state index in [-0.39, 0.29) is 17.1 Å². The summed E-state index contributed by atoms with van der Waals surface area (Å²) in [4.78, 5) is 31.4. The van der Waals surface area contributed by atoms with Gasteiger partial charge in [0.2, 0.25) is 10.0 Å². The second-order valence-corrected chi connectivity index (χ2v) is 13.8. The quantitative estimate of drug-likeness (QED) is 0.209. The number of carbonyl (C=O) groups is 2. The first-order valence-electron chi connectivity index (χ1n) is 13.4. The Bertz CT molecular complexity index is 1890. The molecule has 6 rings (SSSR count). The van der Waals surface area contributed by atoms with Gasteiger partial charge in [0.05, 0.1) is 21.7 Å². The summed E-state index contributed by atoms with van der Waals surface area (Å²) >= 11 is 2.61. The van der Waals surface area contributed by atoms with Crippen LogP contribution in [0.5, 0.6) is 0 Å². The number of benzene rings is 3. The summed E-state index contributed by atoms with van der Waals surface area (Å²) in [6.07, 6.45) is 0.654. The van der Waals surface area contributed by atoms with Crippen LogP contribution in [0.25, 0.3) is 20.8 Å². The number of rotatable bonds is 7. The predicted molar refractivity (Wildman–Crippen MR) is 166 cm³/mol. The van der Waals surface area contributed by atoms with Crippen molar-refractivity contribution in [3.05, 3.63) is 99.9 Å². The van der Waals surface area contributed by atoms with E-state index in [4.69, 9.17) is 9.72 Å². The fraction of sp³-hybridized carbons (Fsp3) is 0.194. The first-order valence-corrected chi connectivity index (χ1v) is 16.5. The normalized spacial score (nSPS) is 13.6. The van der Waals surface area contributed by atoms with Crippen molar-refractivity contribution in [3.8, 4) is 10.6 Å². The molecule has 42 heavy (non-hydrogen) atoms. The lowest BCUT2D eigenvalue weighted by molar-refractivity contribution is 0.0531. The number of fused-ring (bicyclic) bond motifs is 2. The number of para-hydroxylation sites is 1. The number of anilines is 1. The van der Waals surface area contributed by atoms with Gasteiger partial charge < -0.3 is 10.1 Å². The summed E-state index contributed by atoms with van der Waals surface area (Å²) in [5, 5.41) is 4.10. The molecule has 11 heteroatoms. The minimum atomic E-state index is -3.73. The standard InChI is InChI=1S/C31H27N3O5S3/c1-3-39-31(36)27-19(2)26(29-32-24-10-6-7-11-25(24)40-29)30(41-27)33-28(35)21-12-14-23(15-13-21)42(37,38)34-17-16-20-8-4-5-9-22(20)18-34/h4-15H,3,16-18H2,1-2H3,(H,33,35). The van der Waals surface area contributed by atoms with Crippen molar-refractivity contribution in [3.63, 3.8) is 0 Å². The van der Waals surface area contributed by atoms with E-state index in [9.17, 15) is 18.0 Å². The molecule has 5 aromatic rings. The molecule has 0 unspecified atom stereocenters. The van der Waals surface area contributed by atoms with Crippen molar-refractivity contribution < 1.29 is 22.7 Å². The highest BCUT2D eigenvalue weighted by atomic mass is 32.2. The number of sulfonamides is 1. The SMILES string of the molecule is CCOC(=O)c1sc(NC(=O)c2ccc(S(=O)(=O)N3CCc4ccccc4C3)cc2)c(-c2nc3ccccc3s2)c1C. The lowest BCUT2D eigenvalue weighted by Crippen LogP contribution is -2.35. The van der Waals surface area contributed by atoms with Gasteiger partial charge in [-0.25, -0.2) is 18.2 Å². The van der Waals surface area contributed by atoms with Crippen LogP contribution in [0.2, 0.25) is 0 Å². The molecule has 0 atom stereocenters. The van der Waals surface area contributed by atoms with Gasteiger partial charge in [0.25, 0.3) is 5.91 Å². The van der Waals surface area contributed by atoms with E-state index in [0.717, 1.165) is 32.7 Å². The van der Waals surface area contributed by atoms with Gasteiger partial charge in [0.1, 0.15) is 14.9 Å². The van der Waals surface area contributed by atoms with E-state index in [1.165, 1.54) is 39.9 Å². The van der Waals surface area contributed by atoms with Gasteiger partial charge in [0.15, 0.2) is 0 Å². The second-order valence-electron chi connectivity index (χ2n) is 9.80. The third-order valence-electron chi connectivity index (χ3n) is 7.19. The van der Waals surface area contributed by atoms with Crippen LogP contribution in [0.3, 0.4) is 0 Å². The van der Waals surface area contributed by atoms with Gasteiger partial charge in [-0.1, -0.05) is 36.4 Å². The zero-order chi connectivity index (χ0) is 29.4. The predicted octanol–water partition coefficient (Wildman–Crippen LogP) is 6.51. The van der Waals surface area contributed by atoms with E-state index in [1.54, 1.807) is 6.92 Å². The molecule has 3 heterocycles. The molecule has 1 aliphatic heterocycles. The van der Waals surface area contributed by atoms with Crippen LogP contribution in [-0.2, 0) is 27.7 Å². The third-order valence-corrected chi connectivity index (χ3v) is 11.3. The average molecular weight is 618 g/mol. The number of hydrogen-bond donors (Lipinski definition) is 1. The lowest BCUT2D eigenvalue weighted by Gasteiger charge is -2.28. The highest BCUT2D eigenvalue weighted by Crippen LogP contribution is 2.44. The van der Waals surface area contributed by atoms with E-state index in [2.05, 4.69) is 5.32 Å². The van der Waals surface area contributed by atoms with E-state index < -0.39 is 21.9 Å². The number of aromatic nitrogens is 1. The number of amides is 1. The molecule has 1 N–H and O–H groups in total. The number of esters is 1. The first kappa shape index (κ1) is 28.2. The molecule has 1 amide bonds. The van der Waals surface area contributed by atoms with Crippen molar-refractivity contribution >= 4 is 59.8 Å². The summed E-state index contributed by atoms with van der Waals surface area (Å²) in [5.41, 5.74) is 4.63. The summed E-state index contributed by atoms with van der Waals surface area (Å²) < 4.78 is 34.5. The van der Waals surface area contributed by atoms with Crippen LogP contribution in [0.1, 0.15) is 43.6 Å². The smallest absolute Gasteiger partial charge is 0.348 e. The molecule has 0 saturated carbocycles. The zero-order valence-corrected chi connectivity index (χ0v) is 25.4. The minimum Gasteiger partial charge on any atom is -0.462 e. The molecule has 214 valence electrons. The first-order chi connectivity index (χ1) is 20.3. The summed E-state index contributed by atoms with van der Waals surface area (Å²) in [6.45, 7) is 4.50. The Hall–Kier alpha value is -3.90. The van der Waals surface area contributed by atoms with Crippen LogP contribution in [0, 0.1) is 6.92 Å². The maximum atomic E-state index is 13.4. The van der Waals surface area contributed by atoms with Crippen molar-refractivity contribution in [1.82, 2.24) is 9.29 Å². The van der Waals surface area contributed by atoms with Gasteiger partial charge in [-0.3, -0.25) is 4.79 Å². The highest BCUT2D eigenvalue weighted by molar-refractivity contribution is 7.89. The van der Waals surface area contributed by atoms with Crippen molar-refractivity contribution in [2.24, 2.45) is 0 Å². The monoisotopic (exact) mass is 617 g/mol. The van der Waals surface area contributed by atoms with Crippen LogP contribution in [-0.4, -0.2) is 42.7 Å². The third kappa shape index (κ3) is 5.24. The van der Waals surface area contributed by atoms with Gasteiger partial charge in [-0.2, -0.15) is 4.31 Å². The minimum absolute atomic E-state index is 0.130. The molecular weight excluding hydrogens is 591 g/mol. The highest BCUT2D eigenvalue weighted by Gasteiger charge is 2.29. The molecule has 0 saturated heterocycles. The Morgan fingerprint density at radius 3 is 2.43 bits per heavy atom. The molecular formula is C31H27N3O5S3. The number of thiazole rings is 1. The number of nitrogens with one attached hydrogen (secondary N) is 1. The Kier molecular flexibility index (Phi) is 7.67. The Morgan fingerprint density at radius 1 is 0.976 bits per heavy atom. The number of carbonyl (C=O) groups excluding carboxylic acids is 2.